The summed E-state index contributed by atoms with van der Waals surface area (Å²) in [5.41, 5.74) is 0.135. The number of rotatable bonds is 5. The van der Waals surface area contributed by atoms with Crippen LogP contribution in [0.2, 0.25) is 0 Å². The van der Waals surface area contributed by atoms with Crippen LogP contribution >= 0.6 is 15.9 Å². The van der Waals surface area contributed by atoms with E-state index in [4.69, 9.17) is 4.74 Å². The summed E-state index contributed by atoms with van der Waals surface area (Å²) in [6.45, 7) is 1.81. The molecule has 0 heterocycles. The maximum absolute atomic E-state index is 12.2. The Kier molecular flexibility index (Phi) is 5.55. The van der Waals surface area contributed by atoms with Crippen LogP contribution in [0.25, 0.3) is 0 Å². The van der Waals surface area contributed by atoms with Crippen molar-refractivity contribution in [1.82, 2.24) is 0 Å². The van der Waals surface area contributed by atoms with Crippen molar-refractivity contribution >= 4 is 33.3 Å². The van der Waals surface area contributed by atoms with E-state index in [-0.39, 0.29) is 34.7 Å². The minimum absolute atomic E-state index is 0.0110. The van der Waals surface area contributed by atoms with Crippen LogP contribution < -0.4 is 10.1 Å². The van der Waals surface area contributed by atoms with E-state index < -0.39 is 12.1 Å². The number of benzene rings is 1. The molecule has 0 saturated heterocycles. The monoisotopic (exact) mass is 353 g/mol. The normalized spacial score (nSPS) is 11.1. The number of halogens is 4. The highest BCUT2D eigenvalue weighted by atomic mass is 79.9. The highest BCUT2D eigenvalue weighted by Gasteiger charge is 2.39. The average molecular weight is 354 g/mol. The fourth-order valence-corrected chi connectivity index (χ4v) is 1.67. The van der Waals surface area contributed by atoms with Crippen molar-refractivity contribution in [2.45, 2.75) is 13.1 Å². The Morgan fingerprint density at radius 2 is 2.00 bits per heavy atom. The average Bonchev–Trinajstić information content (AvgIpc) is 2.38. The van der Waals surface area contributed by atoms with E-state index in [2.05, 4.69) is 15.9 Å². The minimum Gasteiger partial charge on any atom is -0.492 e. The Bertz CT molecular complexity index is 517. The van der Waals surface area contributed by atoms with Crippen molar-refractivity contribution in [2.24, 2.45) is 0 Å². The van der Waals surface area contributed by atoms with Gasteiger partial charge in [0, 0.05) is 5.56 Å². The van der Waals surface area contributed by atoms with Gasteiger partial charge in [0.1, 0.15) is 5.75 Å². The van der Waals surface area contributed by atoms with Crippen molar-refractivity contribution in [3.05, 3.63) is 23.8 Å². The number of hydrogen-bond acceptors (Lipinski definition) is 3. The fraction of sp³-hybridized carbons (Fsp3) is 0.333. The lowest BCUT2D eigenvalue weighted by atomic mass is 10.1. The van der Waals surface area contributed by atoms with Crippen molar-refractivity contribution < 1.29 is 27.5 Å². The summed E-state index contributed by atoms with van der Waals surface area (Å²) in [5.74, 6) is -2.34. The molecule has 0 spiro atoms. The molecule has 0 atom stereocenters. The Labute approximate surface area is 121 Å². The second-order valence-corrected chi connectivity index (χ2v) is 4.21. The molecule has 110 valence electrons. The number of nitrogens with one attached hydrogen (secondary N) is 1. The molecule has 1 amide bonds. The molecule has 0 aliphatic rings. The standard InChI is InChI=1S/C12H11BrF3NO3/c1-2-20-10-5-7(9(18)6-13)3-4-8(10)17-11(19)12(14,15)16/h3-5H,2,6H2,1H3,(H,17,19). The van der Waals surface area contributed by atoms with Crippen LogP contribution in [0.5, 0.6) is 5.75 Å². The van der Waals surface area contributed by atoms with Gasteiger partial charge >= 0.3 is 12.1 Å². The van der Waals surface area contributed by atoms with E-state index in [0.717, 1.165) is 0 Å². The van der Waals surface area contributed by atoms with E-state index in [1.807, 2.05) is 0 Å². The van der Waals surface area contributed by atoms with Gasteiger partial charge in [0.15, 0.2) is 5.78 Å². The highest BCUT2D eigenvalue weighted by Crippen LogP contribution is 2.28. The summed E-state index contributed by atoms with van der Waals surface area (Å²) in [4.78, 5) is 22.4. The van der Waals surface area contributed by atoms with Crippen LogP contribution in [0.15, 0.2) is 18.2 Å². The van der Waals surface area contributed by atoms with Gasteiger partial charge in [-0.25, -0.2) is 0 Å². The second kappa shape index (κ2) is 6.74. The zero-order chi connectivity index (χ0) is 15.3. The summed E-state index contributed by atoms with van der Waals surface area (Å²) in [6, 6.07) is 3.81. The van der Waals surface area contributed by atoms with Crippen molar-refractivity contribution in [2.75, 3.05) is 17.3 Å². The van der Waals surface area contributed by atoms with E-state index in [0.29, 0.717) is 0 Å². The first-order valence-electron chi connectivity index (χ1n) is 5.53. The summed E-state index contributed by atoms with van der Waals surface area (Å²) >= 11 is 2.99. The first kappa shape index (κ1) is 16.5. The number of anilines is 1. The number of ketones is 1. The lowest BCUT2D eigenvalue weighted by Crippen LogP contribution is -2.30. The first-order chi connectivity index (χ1) is 9.29. The molecule has 0 aliphatic heterocycles. The molecule has 4 nitrogen and oxygen atoms in total. The zero-order valence-electron chi connectivity index (χ0n) is 10.4. The van der Waals surface area contributed by atoms with Crippen molar-refractivity contribution in [3.63, 3.8) is 0 Å². The molecule has 1 N–H and O–H groups in total. The summed E-state index contributed by atoms with van der Waals surface area (Å²) in [5, 5.41) is 1.78. The highest BCUT2D eigenvalue weighted by molar-refractivity contribution is 9.09. The quantitative estimate of drug-likeness (QED) is 0.653. The van der Waals surface area contributed by atoms with Crippen LogP contribution in [-0.4, -0.2) is 29.8 Å². The molecule has 1 rings (SSSR count). The number of amides is 1. The van der Waals surface area contributed by atoms with Gasteiger partial charge in [-0.1, -0.05) is 15.9 Å². The topological polar surface area (TPSA) is 55.4 Å². The van der Waals surface area contributed by atoms with Crippen molar-refractivity contribution in [3.8, 4) is 5.75 Å². The molecular formula is C12H11BrF3NO3. The molecule has 0 bridgehead atoms. The molecule has 0 aromatic heterocycles. The van der Waals surface area contributed by atoms with E-state index in [9.17, 15) is 22.8 Å². The second-order valence-electron chi connectivity index (χ2n) is 3.65. The Balaban J connectivity index is 3.07. The lowest BCUT2D eigenvalue weighted by Gasteiger charge is -2.13. The Morgan fingerprint density at radius 1 is 1.35 bits per heavy atom. The van der Waals surface area contributed by atoms with Gasteiger partial charge in [-0.3, -0.25) is 9.59 Å². The third kappa shape index (κ3) is 4.22. The van der Waals surface area contributed by atoms with E-state index in [1.165, 1.54) is 18.2 Å². The van der Waals surface area contributed by atoms with Crippen LogP contribution in [0.4, 0.5) is 18.9 Å². The number of ether oxygens (including phenoxy) is 1. The maximum Gasteiger partial charge on any atom is 0.471 e. The van der Waals surface area contributed by atoms with Crippen LogP contribution in [0, 0.1) is 0 Å². The molecular weight excluding hydrogens is 343 g/mol. The van der Waals surface area contributed by atoms with Gasteiger partial charge < -0.3 is 10.1 Å². The van der Waals surface area contributed by atoms with Gasteiger partial charge in [-0.2, -0.15) is 13.2 Å². The zero-order valence-corrected chi connectivity index (χ0v) is 12.0. The predicted molar refractivity (Wildman–Crippen MR) is 70.4 cm³/mol. The lowest BCUT2D eigenvalue weighted by molar-refractivity contribution is -0.167. The number of carbonyl (C=O) groups excluding carboxylic acids is 2. The summed E-state index contributed by atoms with van der Waals surface area (Å²) in [6.07, 6.45) is -4.99. The molecule has 8 heteroatoms. The molecule has 20 heavy (non-hydrogen) atoms. The van der Waals surface area contributed by atoms with Gasteiger partial charge in [0.2, 0.25) is 0 Å². The Morgan fingerprint density at radius 3 is 2.50 bits per heavy atom. The minimum atomic E-state index is -4.99. The SMILES string of the molecule is CCOc1cc(C(=O)CBr)ccc1NC(=O)C(F)(F)F. The third-order valence-corrected chi connectivity index (χ3v) is 2.74. The largest absolute Gasteiger partial charge is 0.492 e. The summed E-state index contributed by atoms with van der Waals surface area (Å²) in [7, 11) is 0. The molecule has 0 saturated carbocycles. The van der Waals surface area contributed by atoms with E-state index >= 15 is 0 Å². The molecule has 0 radical (unpaired) electrons. The number of Topliss-reactive ketones (excluding diaryl/α,β-unsaturated/α-hetero) is 1. The van der Waals surface area contributed by atoms with Crippen molar-refractivity contribution in [1.29, 1.82) is 0 Å². The molecule has 0 unspecified atom stereocenters. The third-order valence-electron chi connectivity index (χ3n) is 2.23. The Hall–Kier alpha value is -1.57. The van der Waals surface area contributed by atoms with Crippen LogP contribution in [0.1, 0.15) is 17.3 Å². The molecule has 0 fully saturated rings. The fourth-order valence-electron chi connectivity index (χ4n) is 1.34. The first-order valence-corrected chi connectivity index (χ1v) is 6.66. The van der Waals surface area contributed by atoms with Gasteiger partial charge in [-0.15, -0.1) is 0 Å². The summed E-state index contributed by atoms with van der Waals surface area (Å²) < 4.78 is 41.7. The van der Waals surface area contributed by atoms with Gasteiger partial charge in [0.05, 0.1) is 17.6 Å². The van der Waals surface area contributed by atoms with Gasteiger partial charge in [0.25, 0.3) is 0 Å². The number of carbonyl (C=O) groups is 2. The van der Waals surface area contributed by atoms with Gasteiger partial charge in [-0.05, 0) is 25.1 Å². The molecule has 1 aromatic carbocycles. The van der Waals surface area contributed by atoms with E-state index in [1.54, 1.807) is 12.2 Å². The molecule has 0 aliphatic carbocycles. The molecule has 1 aromatic rings. The predicted octanol–water partition coefficient (Wildman–Crippen LogP) is 3.16. The number of hydrogen-bond donors (Lipinski definition) is 1. The smallest absolute Gasteiger partial charge is 0.471 e. The number of alkyl halides is 4. The van der Waals surface area contributed by atoms with Crippen LogP contribution in [0.3, 0.4) is 0 Å². The van der Waals surface area contributed by atoms with Crippen LogP contribution in [-0.2, 0) is 4.79 Å². The maximum atomic E-state index is 12.2.